The van der Waals surface area contributed by atoms with Gasteiger partial charge in [0.2, 0.25) is 5.91 Å². The lowest BCUT2D eigenvalue weighted by Crippen LogP contribution is -2.34. The molecule has 0 spiro atoms. The topological polar surface area (TPSA) is 65.1 Å². The first-order chi connectivity index (χ1) is 10.5. The molecule has 6 nitrogen and oxygen atoms in total. The summed E-state index contributed by atoms with van der Waals surface area (Å²) in [6, 6.07) is 0. The van der Waals surface area contributed by atoms with Crippen molar-refractivity contribution in [3.8, 4) is 0 Å². The van der Waals surface area contributed by atoms with Gasteiger partial charge in [-0.25, -0.2) is 4.57 Å². The van der Waals surface area contributed by atoms with Crippen molar-refractivity contribution in [2.45, 2.75) is 52.9 Å². The molecule has 0 aromatic rings. The molecule has 7 heteroatoms. The fourth-order valence-electron chi connectivity index (χ4n) is 2.08. The Morgan fingerprint density at radius 2 is 1.64 bits per heavy atom. The first-order valence-corrected chi connectivity index (χ1v) is 9.52. The third-order valence-electron chi connectivity index (χ3n) is 3.16. The molecule has 0 aromatic carbocycles. The fourth-order valence-corrected chi connectivity index (χ4v) is 3.48. The number of rotatable bonds is 9. The number of hydrogen-bond acceptors (Lipinski definition) is 5. The van der Waals surface area contributed by atoms with E-state index in [1.54, 1.807) is 11.8 Å². The van der Waals surface area contributed by atoms with E-state index in [9.17, 15) is 9.36 Å². The Morgan fingerprint density at radius 3 is 2.14 bits per heavy atom. The second kappa shape index (κ2) is 10.0. The van der Waals surface area contributed by atoms with Crippen LogP contribution in [-0.4, -0.2) is 37.1 Å². The molecule has 0 bridgehead atoms. The Balaban J connectivity index is 2.63. The second-order valence-corrected chi connectivity index (χ2v) is 6.94. The number of phosphoric ester groups is 1. The molecule has 1 amide bonds. The largest absolute Gasteiger partial charge is 0.529 e. The smallest absolute Gasteiger partial charge is 0.409 e. The highest BCUT2D eigenvalue weighted by molar-refractivity contribution is 7.48. The van der Waals surface area contributed by atoms with Crippen molar-refractivity contribution < 1.29 is 22.9 Å². The monoisotopic (exact) mass is 333 g/mol. The van der Waals surface area contributed by atoms with Crippen LogP contribution >= 0.6 is 7.82 Å². The molecule has 0 unspecified atom stereocenters. The molecule has 1 saturated heterocycles. The van der Waals surface area contributed by atoms with Crippen molar-refractivity contribution in [2.75, 3.05) is 26.3 Å². The molecule has 0 saturated carbocycles. The Bertz CT molecular complexity index is 406. The fraction of sp³-hybridized carbons (Fsp3) is 0.800. The summed E-state index contributed by atoms with van der Waals surface area (Å²) < 4.78 is 28.2. The van der Waals surface area contributed by atoms with Crippen molar-refractivity contribution in [3.05, 3.63) is 11.8 Å². The summed E-state index contributed by atoms with van der Waals surface area (Å²) in [5.74, 6) is 0.140. The maximum atomic E-state index is 12.5. The van der Waals surface area contributed by atoms with Gasteiger partial charge in [0.25, 0.3) is 0 Å². The molecule has 0 aromatic heterocycles. The number of likely N-dealkylation sites (tertiary alicyclic amines) is 1. The van der Waals surface area contributed by atoms with E-state index in [2.05, 4.69) is 0 Å². The summed E-state index contributed by atoms with van der Waals surface area (Å²) >= 11 is 0. The normalized spacial score (nSPS) is 16.7. The average Bonchev–Trinajstić information content (AvgIpc) is 2.52. The van der Waals surface area contributed by atoms with Gasteiger partial charge < -0.3 is 9.42 Å². The summed E-state index contributed by atoms with van der Waals surface area (Å²) in [4.78, 5) is 13.9. The van der Waals surface area contributed by atoms with Gasteiger partial charge in [-0.2, -0.15) is 0 Å². The Hall–Kier alpha value is -0.840. The van der Waals surface area contributed by atoms with Crippen LogP contribution in [0.15, 0.2) is 11.8 Å². The second-order valence-electron chi connectivity index (χ2n) is 5.35. The molecule has 1 rings (SSSR count). The van der Waals surface area contributed by atoms with Crippen LogP contribution in [0.3, 0.4) is 0 Å². The molecule has 1 heterocycles. The third-order valence-corrected chi connectivity index (χ3v) is 4.67. The van der Waals surface area contributed by atoms with E-state index in [0.717, 1.165) is 32.4 Å². The average molecular weight is 333 g/mol. The quantitative estimate of drug-likeness (QED) is 0.364. The van der Waals surface area contributed by atoms with Gasteiger partial charge in [-0.15, -0.1) is 0 Å². The van der Waals surface area contributed by atoms with Crippen LogP contribution in [-0.2, 0) is 22.9 Å². The Morgan fingerprint density at radius 1 is 1.09 bits per heavy atom. The molecule has 22 heavy (non-hydrogen) atoms. The summed E-state index contributed by atoms with van der Waals surface area (Å²) in [5.41, 5.74) is 0. The van der Waals surface area contributed by atoms with E-state index in [1.165, 1.54) is 6.08 Å². The van der Waals surface area contributed by atoms with Gasteiger partial charge in [0.1, 0.15) is 5.76 Å². The summed E-state index contributed by atoms with van der Waals surface area (Å²) in [7, 11) is -3.64. The Kier molecular flexibility index (Phi) is 8.76. The lowest BCUT2D eigenvalue weighted by atomic mass is 10.1. The van der Waals surface area contributed by atoms with E-state index >= 15 is 0 Å². The minimum atomic E-state index is -3.64. The van der Waals surface area contributed by atoms with Crippen LogP contribution in [0.4, 0.5) is 0 Å². The minimum absolute atomic E-state index is 0.116. The Labute approximate surface area is 133 Å². The maximum absolute atomic E-state index is 12.5. The van der Waals surface area contributed by atoms with Gasteiger partial charge in [0.15, 0.2) is 0 Å². The predicted molar refractivity (Wildman–Crippen MR) is 85.4 cm³/mol. The molecular weight excluding hydrogens is 305 g/mol. The lowest BCUT2D eigenvalue weighted by Gasteiger charge is -2.25. The molecular formula is C15H28NO5P. The van der Waals surface area contributed by atoms with Gasteiger partial charge >= 0.3 is 7.82 Å². The van der Waals surface area contributed by atoms with Gasteiger partial charge in [0, 0.05) is 19.2 Å². The van der Waals surface area contributed by atoms with Crippen molar-refractivity contribution >= 4 is 13.7 Å². The van der Waals surface area contributed by atoms with Crippen LogP contribution in [0.2, 0.25) is 0 Å². The van der Waals surface area contributed by atoms with E-state index in [1.807, 2.05) is 13.8 Å². The van der Waals surface area contributed by atoms with E-state index in [-0.39, 0.29) is 24.9 Å². The van der Waals surface area contributed by atoms with Gasteiger partial charge in [0.05, 0.1) is 13.2 Å². The number of amides is 1. The zero-order valence-electron chi connectivity index (χ0n) is 13.9. The van der Waals surface area contributed by atoms with Crippen molar-refractivity contribution in [2.24, 2.45) is 0 Å². The molecule has 1 aliphatic rings. The number of hydrogen-bond donors (Lipinski definition) is 0. The van der Waals surface area contributed by atoms with Crippen molar-refractivity contribution in [3.63, 3.8) is 0 Å². The summed E-state index contributed by atoms with van der Waals surface area (Å²) in [6.45, 7) is 7.51. The molecule has 0 radical (unpaired) electrons. The van der Waals surface area contributed by atoms with Crippen molar-refractivity contribution in [1.82, 2.24) is 4.90 Å². The van der Waals surface area contributed by atoms with Gasteiger partial charge in [-0.1, -0.05) is 13.8 Å². The van der Waals surface area contributed by atoms with Crippen LogP contribution in [0.1, 0.15) is 52.9 Å². The highest BCUT2D eigenvalue weighted by Crippen LogP contribution is 2.51. The number of allylic oxidation sites excluding steroid dienone is 1. The zero-order chi connectivity index (χ0) is 16.4. The summed E-state index contributed by atoms with van der Waals surface area (Å²) in [5, 5.41) is 0. The maximum Gasteiger partial charge on any atom is 0.529 e. The number of phosphoric acid groups is 1. The van der Waals surface area contributed by atoms with Crippen LogP contribution < -0.4 is 0 Å². The zero-order valence-corrected chi connectivity index (χ0v) is 14.8. The number of nitrogens with zero attached hydrogens (tertiary/aromatic N) is 1. The first-order valence-electron chi connectivity index (χ1n) is 8.06. The predicted octanol–water partition coefficient (Wildman–Crippen LogP) is 3.88. The van der Waals surface area contributed by atoms with Crippen LogP contribution in [0.5, 0.6) is 0 Å². The highest BCUT2D eigenvalue weighted by atomic mass is 31.2. The van der Waals surface area contributed by atoms with Crippen molar-refractivity contribution in [1.29, 1.82) is 0 Å². The van der Waals surface area contributed by atoms with E-state index < -0.39 is 7.82 Å². The number of carbonyl (C=O) groups is 1. The highest BCUT2D eigenvalue weighted by Gasteiger charge is 2.28. The van der Waals surface area contributed by atoms with Crippen LogP contribution in [0.25, 0.3) is 0 Å². The number of piperidine rings is 1. The minimum Gasteiger partial charge on any atom is -0.409 e. The lowest BCUT2D eigenvalue weighted by molar-refractivity contribution is -0.127. The summed E-state index contributed by atoms with van der Waals surface area (Å²) in [6.07, 6.45) is 5.99. The first kappa shape index (κ1) is 19.2. The SMILES string of the molecule is CCCOP(=O)(OCCC)OC(C)=CC(=O)N1CCCCC1. The van der Waals surface area contributed by atoms with E-state index in [4.69, 9.17) is 13.6 Å². The standard InChI is InChI=1S/C15H28NO5P/c1-4-11-19-22(18,20-12-5-2)21-14(3)13-15(17)16-9-7-6-8-10-16/h13H,4-12H2,1-3H3. The molecule has 1 fully saturated rings. The molecule has 0 atom stereocenters. The molecule has 0 aliphatic carbocycles. The molecule has 0 N–H and O–H groups in total. The van der Waals surface area contributed by atoms with Gasteiger partial charge in [-0.05, 0) is 39.0 Å². The molecule has 128 valence electrons. The third kappa shape index (κ3) is 6.95. The van der Waals surface area contributed by atoms with E-state index in [0.29, 0.717) is 12.8 Å². The van der Waals surface area contributed by atoms with Crippen LogP contribution in [0, 0.1) is 0 Å². The van der Waals surface area contributed by atoms with Gasteiger partial charge in [-0.3, -0.25) is 13.8 Å². The molecule has 1 aliphatic heterocycles. The number of carbonyl (C=O) groups excluding carboxylic acids is 1.